The van der Waals surface area contributed by atoms with Gasteiger partial charge in [0, 0.05) is 31.5 Å². The molecular formula is C31H27F6NO3. The van der Waals surface area contributed by atoms with Gasteiger partial charge in [0.25, 0.3) is 0 Å². The lowest BCUT2D eigenvalue weighted by Gasteiger charge is -2.41. The van der Waals surface area contributed by atoms with Crippen LogP contribution in [-0.2, 0) is 21.9 Å². The number of ether oxygens (including phenoxy) is 1. The van der Waals surface area contributed by atoms with Gasteiger partial charge in [-0.1, -0.05) is 48.8 Å². The molecule has 4 nitrogen and oxygen atoms in total. The Labute approximate surface area is 233 Å². The van der Waals surface area contributed by atoms with Crippen molar-refractivity contribution in [1.82, 2.24) is 4.90 Å². The van der Waals surface area contributed by atoms with Crippen LogP contribution in [0.15, 0.2) is 77.2 Å². The standard InChI is InChI=1S/C31H27F6NO3/c1-19(2)8-13-26(29-15-14-28(41-29)24-6-4-5-7-25(24)31(35,36)37)38-17-16-23(40-20(3)39)18-27(38)21-9-11-22(12-10-21)30(32,33)34/h4-7,9-12,14-15,23,26-27H,1,16-18H2,2-3H3/t23-,26-,27+/m1/s1. The minimum Gasteiger partial charge on any atom is -0.462 e. The van der Waals surface area contributed by atoms with Crippen molar-refractivity contribution >= 4 is 5.97 Å². The molecule has 0 unspecified atom stereocenters. The SMILES string of the molecule is C=C(C)C#C[C@H](c1ccc(-c2ccccc2C(F)(F)F)o1)N1CC[C@@H](OC(C)=O)C[C@H]1c1ccc(C(F)(F)F)cc1. The van der Waals surface area contributed by atoms with Crippen LogP contribution >= 0.6 is 0 Å². The van der Waals surface area contributed by atoms with Crippen molar-refractivity contribution in [3.05, 3.63) is 95.3 Å². The second kappa shape index (κ2) is 11.9. The molecule has 1 aliphatic rings. The van der Waals surface area contributed by atoms with Crippen molar-refractivity contribution in [3.63, 3.8) is 0 Å². The van der Waals surface area contributed by atoms with E-state index in [1.54, 1.807) is 13.0 Å². The number of hydrogen-bond acceptors (Lipinski definition) is 4. The van der Waals surface area contributed by atoms with Crippen LogP contribution in [0.3, 0.4) is 0 Å². The van der Waals surface area contributed by atoms with Crippen molar-refractivity contribution in [2.45, 2.75) is 57.2 Å². The molecule has 0 radical (unpaired) electrons. The van der Waals surface area contributed by atoms with E-state index in [-0.39, 0.29) is 23.5 Å². The van der Waals surface area contributed by atoms with E-state index in [2.05, 4.69) is 18.4 Å². The molecule has 1 fully saturated rings. The largest absolute Gasteiger partial charge is 0.462 e. The summed E-state index contributed by atoms with van der Waals surface area (Å²) in [6.07, 6.45) is -8.93. The molecular weight excluding hydrogens is 548 g/mol. The summed E-state index contributed by atoms with van der Waals surface area (Å²) in [7, 11) is 0. The second-order valence-electron chi connectivity index (χ2n) is 9.83. The lowest BCUT2D eigenvalue weighted by molar-refractivity contribution is -0.150. The van der Waals surface area contributed by atoms with Gasteiger partial charge in [-0.05, 0) is 54.8 Å². The molecule has 1 aromatic heterocycles. The van der Waals surface area contributed by atoms with Gasteiger partial charge in [-0.3, -0.25) is 9.69 Å². The molecule has 0 aliphatic carbocycles. The number of likely N-dealkylation sites (tertiary alicyclic amines) is 1. The minimum atomic E-state index is -4.60. The van der Waals surface area contributed by atoms with Crippen LogP contribution in [0.4, 0.5) is 26.3 Å². The van der Waals surface area contributed by atoms with Gasteiger partial charge in [-0.25, -0.2) is 0 Å². The Bertz CT molecular complexity index is 1460. The summed E-state index contributed by atoms with van der Waals surface area (Å²) in [5.74, 6) is 5.76. The molecule has 216 valence electrons. The van der Waals surface area contributed by atoms with E-state index in [0.717, 1.165) is 18.2 Å². The van der Waals surface area contributed by atoms with Crippen molar-refractivity contribution in [2.24, 2.45) is 0 Å². The number of halogens is 6. The molecule has 2 aromatic carbocycles. The van der Waals surface area contributed by atoms with Crippen molar-refractivity contribution in [1.29, 1.82) is 0 Å². The molecule has 0 spiro atoms. The molecule has 0 saturated carbocycles. The maximum atomic E-state index is 13.7. The fourth-order valence-electron chi connectivity index (χ4n) is 4.92. The van der Waals surface area contributed by atoms with Gasteiger partial charge in [0.2, 0.25) is 0 Å². The number of nitrogens with zero attached hydrogens (tertiary/aromatic N) is 1. The van der Waals surface area contributed by atoms with Crippen molar-refractivity contribution < 1.29 is 40.3 Å². The van der Waals surface area contributed by atoms with E-state index in [4.69, 9.17) is 9.15 Å². The first kappa shape index (κ1) is 30.0. The Morgan fingerprint density at radius 1 is 1.00 bits per heavy atom. The number of benzene rings is 2. The topological polar surface area (TPSA) is 42.7 Å². The van der Waals surface area contributed by atoms with Gasteiger partial charge >= 0.3 is 18.3 Å². The fraction of sp³-hybridized carbons (Fsp3) is 0.323. The third kappa shape index (κ3) is 7.22. The summed E-state index contributed by atoms with van der Waals surface area (Å²) in [4.78, 5) is 13.6. The Kier molecular flexibility index (Phi) is 8.69. The average molecular weight is 576 g/mol. The van der Waals surface area contributed by atoms with E-state index in [1.807, 2.05) is 4.90 Å². The molecule has 3 aromatic rings. The molecule has 0 bridgehead atoms. The highest BCUT2D eigenvalue weighted by Crippen LogP contribution is 2.42. The zero-order chi connectivity index (χ0) is 29.9. The van der Waals surface area contributed by atoms with E-state index in [1.165, 1.54) is 43.3 Å². The predicted molar refractivity (Wildman–Crippen MR) is 140 cm³/mol. The van der Waals surface area contributed by atoms with E-state index in [0.29, 0.717) is 24.1 Å². The fourth-order valence-corrected chi connectivity index (χ4v) is 4.92. The average Bonchev–Trinajstić information content (AvgIpc) is 3.38. The zero-order valence-electron chi connectivity index (χ0n) is 22.3. The highest BCUT2D eigenvalue weighted by atomic mass is 19.4. The summed E-state index contributed by atoms with van der Waals surface area (Å²) in [6, 6.07) is 11.4. The molecule has 41 heavy (non-hydrogen) atoms. The van der Waals surface area contributed by atoms with Crippen molar-refractivity contribution in [3.8, 4) is 23.2 Å². The van der Waals surface area contributed by atoms with Crippen molar-refractivity contribution in [2.75, 3.05) is 6.54 Å². The maximum absolute atomic E-state index is 13.7. The third-order valence-electron chi connectivity index (χ3n) is 6.70. The number of allylic oxidation sites excluding steroid dienone is 1. The van der Waals surface area contributed by atoms with Crippen LogP contribution in [-0.4, -0.2) is 23.5 Å². The summed E-state index contributed by atoms with van der Waals surface area (Å²) in [6.45, 7) is 7.09. The number of esters is 1. The van der Waals surface area contributed by atoms with Gasteiger partial charge in [-0.2, -0.15) is 26.3 Å². The quantitative estimate of drug-likeness (QED) is 0.174. The monoisotopic (exact) mass is 575 g/mol. The van der Waals surface area contributed by atoms with Gasteiger partial charge in [0.1, 0.15) is 23.7 Å². The first-order valence-electron chi connectivity index (χ1n) is 12.8. The Balaban J connectivity index is 1.77. The maximum Gasteiger partial charge on any atom is 0.417 e. The van der Waals surface area contributed by atoms with Crippen LogP contribution in [0, 0.1) is 11.8 Å². The Hall–Kier alpha value is -3.97. The molecule has 2 heterocycles. The lowest BCUT2D eigenvalue weighted by atomic mass is 9.90. The van der Waals surface area contributed by atoms with E-state index < -0.39 is 47.6 Å². The Morgan fingerprint density at radius 3 is 2.29 bits per heavy atom. The zero-order valence-corrected chi connectivity index (χ0v) is 22.3. The minimum absolute atomic E-state index is 0.00377. The number of hydrogen-bond donors (Lipinski definition) is 0. The first-order valence-corrected chi connectivity index (χ1v) is 12.8. The number of rotatable bonds is 5. The summed E-state index contributed by atoms with van der Waals surface area (Å²) < 4.78 is 92.2. The number of furan rings is 1. The van der Waals surface area contributed by atoms with Gasteiger partial charge in [0.15, 0.2) is 0 Å². The smallest absolute Gasteiger partial charge is 0.417 e. The van der Waals surface area contributed by atoms with Crippen LogP contribution in [0.2, 0.25) is 0 Å². The van der Waals surface area contributed by atoms with Crippen LogP contribution < -0.4 is 0 Å². The lowest BCUT2D eigenvalue weighted by Crippen LogP contribution is -2.42. The number of piperidine rings is 1. The van der Waals surface area contributed by atoms with Crippen LogP contribution in [0.5, 0.6) is 0 Å². The van der Waals surface area contributed by atoms with E-state index in [9.17, 15) is 31.1 Å². The highest BCUT2D eigenvalue weighted by Gasteiger charge is 2.38. The molecule has 10 heteroatoms. The Morgan fingerprint density at radius 2 is 1.68 bits per heavy atom. The second-order valence-corrected chi connectivity index (χ2v) is 9.83. The van der Waals surface area contributed by atoms with E-state index >= 15 is 0 Å². The summed E-state index contributed by atoms with van der Waals surface area (Å²) in [5, 5.41) is 0. The molecule has 3 atom stereocenters. The highest BCUT2D eigenvalue weighted by molar-refractivity contribution is 5.66. The number of carbonyl (C=O) groups excluding carboxylic acids is 1. The molecule has 1 saturated heterocycles. The first-order chi connectivity index (χ1) is 19.2. The van der Waals surface area contributed by atoms with Gasteiger partial charge in [-0.15, -0.1) is 0 Å². The van der Waals surface area contributed by atoms with Gasteiger partial charge in [0.05, 0.1) is 11.1 Å². The normalized spacial score (nSPS) is 18.7. The predicted octanol–water partition coefficient (Wildman–Crippen LogP) is 8.37. The van der Waals surface area contributed by atoms with Crippen LogP contribution in [0.25, 0.3) is 11.3 Å². The summed E-state index contributed by atoms with van der Waals surface area (Å²) in [5.41, 5.74) is -0.727. The number of alkyl halides is 6. The molecule has 0 N–H and O–H groups in total. The summed E-state index contributed by atoms with van der Waals surface area (Å²) >= 11 is 0. The van der Waals surface area contributed by atoms with Crippen LogP contribution in [0.1, 0.15) is 61.2 Å². The third-order valence-corrected chi connectivity index (χ3v) is 6.70. The van der Waals surface area contributed by atoms with Gasteiger partial charge < -0.3 is 9.15 Å². The molecule has 1 aliphatic heterocycles. The molecule has 0 amide bonds. The molecule has 4 rings (SSSR count). The number of carbonyl (C=O) groups is 1.